The predicted molar refractivity (Wildman–Crippen MR) is 92.8 cm³/mol. The first-order chi connectivity index (χ1) is 13.5. The van der Waals surface area contributed by atoms with E-state index in [4.69, 9.17) is 10.00 Å². The highest BCUT2D eigenvalue weighted by Gasteiger charge is 2.36. The average Bonchev–Trinajstić information content (AvgIpc) is 2.67. The Labute approximate surface area is 161 Å². The summed E-state index contributed by atoms with van der Waals surface area (Å²) in [5.41, 5.74) is -2.78. The molecule has 2 rings (SSSR count). The molecule has 0 saturated heterocycles. The van der Waals surface area contributed by atoms with Crippen molar-refractivity contribution in [2.24, 2.45) is 0 Å². The summed E-state index contributed by atoms with van der Waals surface area (Å²) in [6.07, 6.45) is -6.45. The SMILES string of the molecule is C[C@@H](OC(=O)c1cccc(C#N)c1)C(=O)Nc1ccc([N+](=O)[O-])cc1C(F)(F)F. The molecule has 0 heterocycles. The standard InChI is InChI=1S/C18H12F3N3O5/c1-10(29-17(26)12-4-2-3-11(7-12)9-22)16(25)23-15-6-5-13(24(27)28)8-14(15)18(19,20)21/h2-8,10H,1H3,(H,23,25)/t10-/m1/s1. The van der Waals surface area contributed by atoms with Crippen molar-refractivity contribution >= 4 is 23.3 Å². The fourth-order valence-electron chi connectivity index (χ4n) is 2.22. The van der Waals surface area contributed by atoms with Crippen molar-refractivity contribution in [2.75, 3.05) is 5.32 Å². The Bertz CT molecular complexity index is 1010. The molecule has 0 aliphatic heterocycles. The molecule has 2 aromatic carbocycles. The number of rotatable bonds is 5. The summed E-state index contributed by atoms with van der Waals surface area (Å²) < 4.78 is 44.4. The first-order valence-electron chi connectivity index (χ1n) is 7.90. The van der Waals surface area contributed by atoms with Crippen LogP contribution < -0.4 is 5.32 Å². The molecule has 11 heteroatoms. The van der Waals surface area contributed by atoms with Crippen LogP contribution in [0.5, 0.6) is 0 Å². The zero-order valence-electron chi connectivity index (χ0n) is 14.7. The van der Waals surface area contributed by atoms with E-state index in [1.165, 1.54) is 24.3 Å². The van der Waals surface area contributed by atoms with Crippen LogP contribution in [0.25, 0.3) is 0 Å². The van der Waals surface area contributed by atoms with Gasteiger partial charge >= 0.3 is 12.1 Å². The number of nitrogens with zero attached hydrogens (tertiary/aromatic N) is 2. The van der Waals surface area contributed by atoms with Gasteiger partial charge in [-0.2, -0.15) is 18.4 Å². The molecule has 0 aromatic heterocycles. The summed E-state index contributed by atoms with van der Waals surface area (Å²) in [6, 6.07) is 9.09. The van der Waals surface area contributed by atoms with Crippen LogP contribution in [0.2, 0.25) is 0 Å². The van der Waals surface area contributed by atoms with Gasteiger partial charge in [0.1, 0.15) is 0 Å². The smallest absolute Gasteiger partial charge is 0.418 e. The fraction of sp³-hybridized carbons (Fsp3) is 0.167. The van der Waals surface area contributed by atoms with Gasteiger partial charge in [0, 0.05) is 12.1 Å². The molecule has 0 spiro atoms. The van der Waals surface area contributed by atoms with Gasteiger partial charge in [-0.05, 0) is 31.2 Å². The maximum atomic E-state index is 13.2. The number of nitro groups is 1. The summed E-state index contributed by atoms with van der Waals surface area (Å²) in [7, 11) is 0. The number of nitro benzene ring substituents is 1. The molecule has 0 saturated carbocycles. The topological polar surface area (TPSA) is 122 Å². The third-order valence-corrected chi connectivity index (χ3v) is 3.66. The Balaban J connectivity index is 2.18. The minimum atomic E-state index is -4.97. The van der Waals surface area contributed by atoms with E-state index < -0.39 is 46.0 Å². The number of hydrogen-bond donors (Lipinski definition) is 1. The van der Waals surface area contributed by atoms with Crippen LogP contribution >= 0.6 is 0 Å². The van der Waals surface area contributed by atoms with Crippen LogP contribution in [0.4, 0.5) is 24.5 Å². The predicted octanol–water partition coefficient (Wildman–Crippen LogP) is 3.67. The first-order valence-corrected chi connectivity index (χ1v) is 7.90. The van der Waals surface area contributed by atoms with Crippen LogP contribution in [0, 0.1) is 21.4 Å². The monoisotopic (exact) mass is 407 g/mol. The minimum Gasteiger partial charge on any atom is -0.449 e. The third kappa shape index (κ3) is 5.29. The molecule has 1 amide bonds. The molecular formula is C18H12F3N3O5. The molecular weight excluding hydrogens is 395 g/mol. The van der Waals surface area contributed by atoms with Gasteiger partial charge < -0.3 is 10.1 Å². The third-order valence-electron chi connectivity index (χ3n) is 3.66. The summed E-state index contributed by atoms with van der Waals surface area (Å²) in [6.45, 7) is 1.14. The summed E-state index contributed by atoms with van der Waals surface area (Å²) in [4.78, 5) is 33.9. The maximum absolute atomic E-state index is 13.2. The van der Waals surface area contributed by atoms with Crippen molar-refractivity contribution in [3.63, 3.8) is 0 Å². The number of nitriles is 1. The normalized spacial score (nSPS) is 11.8. The van der Waals surface area contributed by atoms with E-state index in [9.17, 15) is 32.9 Å². The van der Waals surface area contributed by atoms with Gasteiger partial charge in [-0.1, -0.05) is 6.07 Å². The molecule has 1 N–H and O–H groups in total. The largest absolute Gasteiger partial charge is 0.449 e. The van der Waals surface area contributed by atoms with E-state index in [0.717, 1.165) is 19.1 Å². The quantitative estimate of drug-likeness (QED) is 0.458. The van der Waals surface area contributed by atoms with Crippen LogP contribution in [-0.2, 0) is 15.7 Å². The number of esters is 1. The van der Waals surface area contributed by atoms with Crippen molar-refractivity contribution in [3.05, 3.63) is 69.3 Å². The van der Waals surface area contributed by atoms with E-state index in [1.54, 1.807) is 0 Å². The van der Waals surface area contributed by atoms with Crippen LogP contribution in [0.1, 0.15) is 28.4 Å². The first kappa shape index (κ1) is 21.4. The lowest BCUT2D eigenvalue weighted by atomic mass is 10.1. The molecule has 0 fully saturated rings. The molecule has 150 valence electrons. The second kappa shape index (κ2) is 8.39. The van der Waals surface area contributed by atoms with Crippen LogP contribution in [-0.4, -0.2) is 22.9 Å². The highest BCUT2D eigenvalue weighted by Crippen LogP contribution is 2.37. The molecule has 0 bridgehead atoms. The number of benzene rings is 2. The Morgan fingerprint density at radius 1 is 1.24 bits per heavy atom. The van der Waals surface area contributed by atoms with Crippen molar-refractivity contribution in [3.8, 4) is 6.07 Å². The lowest BCUT2D eigenvalue weighted by Crippen LogP contribution is -2.30. The van der Waals surface area contributed by atoms with Gasteiger partial charge in [0.25, 0.3) is 11.6 Å². The van der Waals surface area contributed by atoms with E-state index in [2.05, 4.69) is 0 Å². The lowest BCUT2D eigenvalue weighted by Gasteiger charge is -2.17. The number of carbonyl (C=O) groups excluding carboxylic acids is 2. The maximum Gasteiger partial charge on any atom is 0.418 e. The number of amides is 1. The molecule has 29 heavy (non-hydrogen) atoms. The number of hydrogen-bond acceptors (Lipinski definition) is 6. The van der Waals surface area contributed by atoms with E-state index in [0.29, 0.717) is 6.07 Å². The highest BCUT2D eigenvalue weighted by molar-refractivity contribution is 5.98. The van der Waals surface area contributed by atoms with Gasteiger partial charge in [0.2, 0.25) is 0 Å². The van der Waals surface area contributed by atoms with E-state index in [1.807, 2.05) is 11.4 Å². The van der Waals surface area contributed by atoms with Gasteiger partial charge in [0.05, 0.1) is 33.4 Å². The fourth-order valence-corrected chi connectivity index (χ4v) is 2.22. The summed E-state index contributed by atoms with van der Waals surface area (Å²) >= 11 is 0. The second-order valence-electron chi connectivity index (χ2n) is 5.71. The second-order valence-corrected chi connectivity index (χ2v) is 5.71. The van der Waals surface area contributed by atoms with Crippen molar-refractivity contribution < 1.29 is 32.4 Å². The molecule has 0 aliphatic rings. The Morgan fingerprint density at radius 2 is 1.93 bits per heavy atom. The van der Waals surface area contributed by atoms with Crippen molar-refractivity contribution in [1.82, 2.24) is 0 Å². The van der Waals surface area contributed by atoms with Crippen molar-refractivity contribution in [1.29, 1.82) is 5.26 Å². The zero-order valence-corrected chi connectivity index (χ0v) is 14.7. The number of halogens is 3. The Morgan fingerprint density at radius 3 is 2.52 bits per heavy atom. The number of alkyl halides is 3. The number of nitrogens with one attached hydrogen (secondary N) is 1. The van der Waals surface area contributed by atoms with E-state index >= 15 is 0 Å². The molecule has 0 unspecified atom stereocenters. The molecule has 0 aliphatic carbocycles. The Kier molecular flexibility index (Phi) is 6.18. The number of non-ortho nitro benzene ring substituents is 1. The van der Waals surface area contributed by atoms with Gasteiger partial charge in [-0.15, -0.1) is 0 Å². The Hall–Kier alpha value is -3.94. The zero-order chi connectivity index (χ0) is 21.8. The number of carbonyl (C=O) groups is 2. The summed E-state index contributed by atoms with van der Waals surface area (Å²) in [5, 5.41) is 21.5. The van der Waals surface area contributed by atoms with Crippen LogP contribution in [0.15, 0.2) is 42.5 Å². The lowest BCUT2D eigenvalue weighted by molar-refractivity contribution is -0.385. The summed E-state index contributed by atoms with van der Waals surface area (Å²) in [5.74, 6) is -2.03. The van der Waals surface area contributed by atoms with Gasteiger partial charge in [0.15, 0.2) is 6.10 Å². The van der Waals surface area contributed by atoms with Gasteiger partial charge in [-0.3, -0.25) is 14.9 Å². The number of ether oxygens (including phenoxy) is 1. The van der Waals surface area contributed by atoms with E-state index in [-0.39, 0.29) is 11.1 Å². The van der Waals surface area contributed by atoms with Crippen LogP contribution in [0.3, 0.4) is 0 Å². The average molecular weight is 407 g/mol. The number of anilines is 1. The molecule has 2 aromatic rings. The molecule has 8 nitrogen and oxygen atoms in total. The highest BCUT2D eigenvalue weighted by atomic mass is 19.4. The molecule has 0 radical (unpaired) electrons. The van der Waals surface area contributed by atoms with Gasteiger partial charge in [-0.25, -0.2) is 4.79 Å². The van der Waals surface area contributed by atoms with Crippen molar-refractivity contribution in [2.45, 2.75) is 19.2 Å². The molecule has 1 atom stereocenters. The minimum absolute atomic E-state index is 0.0185.